The first-order chi connectivity index (χ1) is 13.9. The van der Waals surface area contributed by atoms with Crippen LogP contribution in [0.25, 0.3) is 0 Å². The lowest BCUT2D eigenvalue weighted by molar-refractivity contribution is -0.146. The summed E-state index contributed by atoms with van der Waals surface area (Å²) in [6.45, 7) is 3.16. The summed E-state index contributed by atoms with van der Waals surface area (Å²) in [5.74, 6) is 5.71. The molecule has 1 aromatic rings. The monoisotopic (exact) mass is 398 g/mol. The van der Waals surface area contributed by atoms with Gasteiger partial charge in [-0.25, -0.2) is 0 Å². The average molecular weight is 399 g/mol. The molecule has 4 bridgehead atoms. The van der Waals surface area contributed by atoms with E-state index in [1.54, 1.807) is 4.90 Å². The van der Waals surface area contributed by atoms with Gasteiger partial charge in [0.2, 0.25) is 11.8 Å². The van der Waals surface area contributed by atoms with Gasteiger partial charge in [0, 0.05) is 31.3 Å². The number of carbonyl (C=O) groups excluding carboxylic acids is 2. The number of nitrogens with zero attached hydrogens (tertiary/aromatic N) is 1. The smallest absolute Gasteiger partial charge is 0.226 e. The van der Waals surface area contributed by atoms with Crippen molar-refractivity contribution in [1.82, 2.24) is 10.2 Å². The highest BCUT2D eigenvalue weighted by atomic mass is 16.3. The second kappa shape index (κ2) is 7.17. The van der Waals surface area contributed by atoms with E-state index in [1.165, 1.54) is 25.7 Å². The molecule has 1 aromatic heterocycles. The van der Waals surface area contributed by atoms with Crippen LogP contribution >= 0.6 is 0 Å². The van der Waals surface area contributed by atoms with Gasteiger partial charge in [-0.3, -0.25) is 9.59 Å². The molecule has 0 saturated heterocycles. The van der Waals surface area contributed by atoms with Crippen LogP contribution in [0.2, 0.25) is 0 Å². The molecule has 0 unspecified atom stereocenters. The van der Waals surface area contributed by atoms with Gasteiger partial charge in [0.05, 0.1) is 6.54 Å². The molecular formula is C24H34N2O3. The fourth-order valence-electron chi connectivity index (χ4n) is 6.77. The molecule has 0 spiro atoms. The van der Waals surface area contributed by atoms with Crippen molar-refractivity contribution in [3.8, 4) is 0 Å². The summed E-state index contributed by atoms with van der Waals surface area (Å²) in [5, 5.41) is 3.11. The number of hydrogen-bond donors (Lipinski definition) is 1. The van der Waals surface area contributed by atoms with Crippen molar-refractivity contribution in [2.45, 2.75) is 70.8 Å². The van der Waals surface area contributed by atoms with Gasteiger partial charge in [-0.15, -0.1) is 0 Å². The first kappa shape index (κ1) is 19.2. The summed E-state index contributed by atoms with van der Waals surface area (Å²) in [4.78, 5) is 27.2. The maximum absolute atomic E-state index is 13.0. The van der Waals surface area contributed by atoms with E-state index in [0.29, 0.717) is 31.3 Å². The average Bonchev–Trinajstić information content (AvgIpc) is 3.21. The fraction of sp³-hybridized carbons (Fsp3) is 0.750. The molecule has 1 heterocycles. The molecule has 0 radical (unpaired) electrons. The van der Waals surface area contributed by atoms with E-state index in [-0.39, 0.29) is 17.2 Å². The Morgan fingerprint density at radius 3 is 2.31 bits per heavy atom. The van der Waals surface area contributed by atoms with Crippen LogP contribution in [-0.4, -0.2) is 30.3 Å². The third kappa shape index (κ3) is 3.73. The van der Waals surface area contributed by atoms with E-state index in [0.717, 1.165) is 48.5 Å². The molecule has 5 saturated carbocycles. The molecule has 2 amide bonds. The zero-order valence-electron chi connectivity index (χ0n) is 17.8. The number of furan rings is 1. The molecule has 5 nitrogen and oxygen atoms in total. The van der Waals surface area contributed by atoms with Gasteiger partial charge >= 0.3 is 0 Å². The first-order valence-corrected chi connectivity index (χ1v) is 11.5. The topological polar surface area (TPSA) is 62.6 Å². The van der Waals surface area contributed by atoms with E-state index in [2.05, 4.69) is 12.2 Å². The summed E-state index contributed by atoms with van der Waals surface area (Å²) < 4.78 is 5.92. The molecule has 0 aromatic carbocycles. The summed E-state index contributed by atoms with van der Waals surface area (Å²) in [5.41, 5.74) is -0.131. The Balaban J connectivity index is 1.08. The Labute approximate surface area is 173 Å². The molecule has 5 fully saturated rings. The Morgan fingerprint density at radius 2 is 1.72 bits per heavy atom. The van der Waals surface area contributed by atoms with Crippen molar-refractivity contribution in [1.29, 1.82) is 0 Å². The van der Waals surface area contributed by atoms with Gasteiger partial charge < -0.3 is 14.6 Å². The predicted molar refractivity (Wildman–Crippen MR) is 110 cm³/mol. The molecule has 2 atom stereocenters. The maximum Gasteiger partial charge on any atom is 0.226 e. The van der Waals surface area contributed by atoms with Crippen molar-refractivity contribution in [2.24, 2.45) is 29.1 Å². The van der Waals surface area contributed by atoms with Crippen LogP contribution in [0.3, 0.4) is 0 Å². The Hall–Kier alpha value is -1.78. The van der Waals surface area contributed by atoms with Crippen LogP contribution in [-0.2, 0) is 16.1 Å². The van der Waals surface area contributed by atoms with E-state index < -0.39 is 0 Å². The second-order valence-corrected chi connectivity index (χ2v) is 10.6. The number of carbonyl (C=O) groups is 2. The van der Waals surface area contributed by atoms with Crippen LogP contribution in [0, 0.1) is 29.1 Å². The van der Waals surface area contributed by atoms with E-state index >= 15 is 0 Å². The zero-order chi connectivity index (χ0) is 20.2. The Morgan fingerprint density at radius 1 is 1.10 bits per heavy atom. The molecule has 5 aliphatic carbocycles. The Bertz CT molecular complexity index is 763. The van der Waals surface area contributed by atoms with E-state index in [1.807, 2.05) is 19.2 Å². The van der Waals surface area contributed by atoms with Crippen molar-refractivity contribution in [3.05, 3.63) is 23.7 Å². The summed E-state index contributed by atoms with van der Waals surface area (Å²) in [7, 11) is 1.81. The number of rotatable bonds is 7. The van der Waals surface area contributed by atoms with Gasteiger partial charge in [0.1, 0.15) is 11.5 Å². The van der Waals surface area contributed by atoms with Crippen molar-refractivity contribution in [3.63, 3.8) is 0 Å². The standard InChI is InChI=1S/C24H34N2O3/c1-15-7-20(15)21-4-3-19(29-21)14-26(2)22(27)5-6-25-23(28)24-11-16-8-17(12-24)10-18(9-16)13-24/h3-4,15-18,20H,5-14H2,1-2H3,(H,25,28)/t15-,16?,17?,18?,20-,24?/m1/s1. The molecule has 0 aliphatic heterocycles. The molecule has 29 heavy (non-hydrogen) atoms. The molecule has 158 valence electrons. The van der Waals surface area contributed by atoms with Crippen LogP contribution in [0.1, 0.15) is 75.7 Å². The third-order valence-corrected chi connectivity index (χ3v) is 8.12. The lowest BCUT2D eigenvalue weighted by atomic mass is 9.49. The minimum absolute atomic E-state index is 0.0496. The minimum Gasteiger partial charge on any atom is -0.464 e. The normalized spacial score (nSPS) is 36.8. The summed E-state index contributed by atoms with van der Waals surface area (Å²) in [6.07, 6.45) is 8.77. The predicted octanol–water partition coefficient (Wildman–Crippen LogP) is 4.08. The van der Waals surface area contributed by atoms with Crippen molar-refractivity contribution in [2.75, 3.05) is 13.6 Å². The SMILES string of the molecule is C[C@@H]1C[C@H]1c1ccc(CN(C)C(=O)CCNC(=O)C23CC4CC(CC(C4)C2)C3)o1. The van der Waals surface area contributed by atoms with Gasteiger partial charge in [0.25, 0.3) is 0 Å². The summed E-state index contributed by atoms with van der Waals surface area (Å²) >= 11 is 0. The molecule has 5 heteroatoms. The lowest BCUT2D eigenvalue weighted by Crippen LogP contribution is -2.53. The number of hydrogen-bond acceptors (Lipinski definition) is 3. The first-order valence-electron chi connectivity index (χ1n) is 11.5. The minimum atomic E-state index is -0.131. The van der Waals surface area contributed by atoms with Gasteiger partial charge in [-0.05, 0) is 80.8 Å². The second-order valence-electron chi connectivity index (χ2n) is 10.6. The number of amides is 2. The molecule has 1 N–H and O–H groups in total. The van der Waals surface area contributed by atoms with Crippen LogP contribution in [0.5, 0.6) is 0 Å². The van der Waals surface area contributed by atoms with E-state index in [9.17, 15) is 9.59 Å². The molecular weight excluding hydrogens is 364 g/mol. The molecule has 6 rings (SSSR count). The highest BCUT2D eigenvalue weighted by Gasteiger charge is 2.54. The van der Waals surface area contributed by atoms with Crippen molar-refractivity contribution < 1.29 is 14.0 Å². The largest absolute Gasteiger partial charge is 0.464 e. The van der Waals surface area contributed by atoms with Crippen molar-refractivity contribution >= 4 is 11.8 Å². The van der Waals surface area contributed by atoms with Crippen LogP contribution in [0.15, 0.2) is 16.5 Å². The quantitative estimate of drug-likeness (QED) is 0.753. The Kier molecular flexibility index (Phi) is 4.75. The fourth-order valence-corrected chi connectivity index (χ4v) is 6.77. The summed E-state index contributed by atoms with van der Waals surface area (Å²) in [6, 6.07) is 4.03. The van der Waals surface area contributed by atoms with Crippen LogP contribution in [0.4, 0.5) is 0 Å². The third-order valence-electron chi connectivity index (χ3n) is 8.12. The van der Waals surface area contributed by atoms with Crippen LogP contribution < -0.4 is 5.32 Å². The van der Waals surface area contributed by atoms with Gasteiger partial charge in [-0.2, -0.15) is 0 Å². The zero-order valence-corrected chi connectivity index (χ0v) is 17.8. The highest BCUT2D eigenvalue weighted by molar-refractivity contribution is 5.84. The molecule has 5 aliphatic rings. The van der Waals surface area contributed by atoms with Gasteiger partial charge in [0.15, 0.2) is 0 Å². The maximum atomic E-state index is 13.0. The lowest BCUT2D eigenvalue weighted by Gasteiger charge is -2.55. The van der Waals surface area contributed by atoms with E-state index in [4.69, 9.17) is 4.42 Å². The van der Waals surface area contributed by atoms with Gasteiger partial charge in [-0.1, -0.05) is 6.92 Å². The highest BCUT2D eigenvalue weighted by Crippen LogP contribution is 2.60. The number of nitrogens with one attached hydrogen (secondary N) is 1.